The highest BCUT2D eigenvalue weighted by Crippen LogP contribution is 2.18. The van der Waals surface area contributed by atoms with Crippen LogP contribution in [-0.4, -0.2) is 48.1 Å². The van der Waals surface area contributed by atoms with Crippen LogP contribution in [0.1, 0.15) is 38.8 Å². The molecule has 3 nitrogen and oxygen atoms in total. The Morgan fingerprint density at radius 1 is 1.05 bits per heavy atom. The molecule has 1 saturated heterocycles. The van der Waals surface area contributed by atoms with Crippen molar-refractivity contribution in [1.82, 2.24) is 9.80 Å². The van der Waals surface area contributed by atoms with Crippen molar-refractivity contribution < 1.29 is 0 Å². The van der Waals surface area contributed by atoms with Gasteiger partial charge < -0.3 is 10.6 Å². The van der Waals surface area contributed by atoms with Crippen LogP contribution in [0.25, 0.3) is 0 Å². The normalized spacial score (nSPS) is 20.0. The molecule has 1 aliphatic rings. The fourth-order valence-corrected chi connectivity index (χ4v) is 2.83. The van der Waals surface area contributed by atoms with Crippen LogP contribution in [0.2, 0.25) is 0 Å². The maximum absolute atomic E-state index is 6.27. The van der Waals surface area contributed by atoms with E-state index in [1.54, 1.807) is 0 Å². The molecule has 2 rings (SSSR count). The molecule has 0 bridgehead atoms. The van der Waals surface area contributed by atoms with Crippen LogP contribution in [0, 0.1) is 0 Å². The largest absolute Gasteiger partial charge is 0.324 e. The Balaban J connectivity index is 1.74. The molecule has 0 radical (unpaired) electrons. The highest BCUT2D eigenvalue weighted by molar-refractivity contribution is 5.18. The molecule has 1 aromatic rings. The van der Waals surface area contributed by atoms with Gasteiger partial charge in [0.05, 0.1) is 0 Å². The molecule has 1 aromatic carbocycles. The number of nitrogens with two attached hydrogens (primary N) is 1. The molecule has 20 heavy (non-hydrogen) atoms. The van der Waals surface area contributed by atoms with Crippen molar-refractivity contribution in [2.45, 2.75) is 38.8 Å². The van der Waals surface area contributed by atoms with Gasteiger partial charge in [0.2, 0.25) is 0 Å². The molecular formula is C17H29N3. The van der Waals surface area contributed by atoms with E-state index in [2.05, 4.69) is 54.8 Å². The Bertz CT molecular complexity index is 388. The minimum atomic E-state index is 0.164. The summed E-state index contributed by atoms with van der Waals surface area (Å²) in [5.41, 5.74) is 7.82. The van der Waals surface area contributed by atoms with Crippen LogP contribution >= 0.6 is 0 Å². The van der Waals surface area contributed by atoms with Crippen molar-refractivity contribution in [2.24, 2.45) is 5.73 Å². The summed E-state index contributed by atoms with van der Waals surface area (Å²) < 4.78 is 0. The molecule has 3 heteroatoms. The van der Waals surface area contributed by atoms with Crippen LogP contribution < -0.4 is 5.73 Å². The van der Waals surface area contributed by atoms with Crippen molar-refractivity contribution in [3.8, 4) is 0 Å². The quantitative estimate of drug-likeness (QED) is 0.916. The molecule has 0 saturated carbocycles. The number of nitrogens with zero attached hydrogens (tertiary/aromatic N) is 2. The summed E-state index contributed by atoms with van der Waals surface area (Å²) in [5.74, 6) is 0. The van der Waals surface area contributed by atoms with Crippen molar-refractivity contribution >= 4 is 0 Å². The van der Waals surface area contributed by atoms with Crippen LogP contribution in [0.4, 0.5) is 0 Å². The zero-order chi connectivity index (χ0) is 14.6. The van der Waals surface area contributed by atoms with Crippen LogP contribution in [0.5, 0.6) is 0 Å². The van der Waals surface area contributed by atoms with Gasteiger partial charge in [0.25, 0.3) is 0 Å². The van der Waals surface area contributed by atoms with Crippen molar-refractivity contribution in [3.63, 3.8) is 0 Å². The van der Waals surface area contributed by atoms with Gasteiger partial charge in [0.15, 0.2) is 0 Å². The Labute approximate surface area is 123 Å². The number of piperazine rings is 1. The fraction of sp³-hybridized carbons (Fsp3) is 0.647. The van der Waals surface area contributed by atoms with E-state index in [0.29, 0.717) is 5.54 Å². The SMILES string of the molecule is CC(C)(C)N1CCN(CCC(N)c2ccccc2)CC1. The molecule has 1 fully saturated rings. The maximum atomic E-state index is 6.27. The van der Waals surface area contributed by atoms with Gasteiger partial charge in [-0.25, -0.2) is 0 Å². The molecular weight excluding hydrogens is 246 g/mol. The van der Waals surface area contributed by atoms with E-state index >= 15 is 0 Å². The van der Waals surface area contributed by atoms with Crippen LogP contribution in [0.15, 0.2) is 30.3 Å². The lowest BCUT2D eigenvalue weighted by Crippen LogP contribution is -2.53. The first-order valence-corrected chi connectivity index (χ1v) is 7.75. The van der Waals surface area contributed by atoms with Crippen LogP contribution in [0.3, 0.4) is 0 Å². The van der Waals surface area contributed by atoms with E-state index < -0.39 is 0 Å². The minimum absolute atomic E-state index is 0.164. The maximum Gasteiger partial charge on any atom is 0.0307 e. The van der Waals surface area contributed by atoms with Crippen molar-refractivity contribution in [2.75, 3.05) is 32.7 Å². The fourth-order valence-electron chi connectivity index (χ4n) is 2.83. The first-order valence-electron chi connectivity index (χ1n) is 7.75. The molecule has 112 valence electrons. The average molecular weight is 275 g/mol. The van der Waals surface area contributed by atoms with Gasteiger partial charge in [-0.05, 0) is 32.8 Å². The lowest BCUT2D eigenvalue weighted by Gasteiger charge is -2.42. The Kier molecular flexibility index (Phi) is 5.19. The summed E-state index contributed by atoms with van der Waals surface area (Å²) in [6.45, 7) is 12.7. The summed E-state index contributed by atoms with van der Waals surface area (Å²) in [5, 5.41) is 0. The van der Waals surface area contributed by atoms with E-state index in [1.807, 2.05) is 6.07 Å². The van der Waals surface area contributed by atoms with Gasteiger partial charge in [-0.2, -0.15) is 0 Å². The number of benzene rings is 1. The van der Waals surface area contributed by atoms with Gasteiger partial charge in [0, 0.05) is 44.3 Å². The number of hydrogen-bond acceptors (Lipinski definition) is 3. The second-order valence-corrected chi connectivity index (χ2v) is 6.81. The monoisotopic (exact) mass is 275 g/mol. The Morgan fingerprint density at radius 2 is 1.65 bits per heavy atom. The van der Waals surface area contributed by atoms with E-state index in [-0.39, 0.29) is 6.04 Å². The van der Waals surface area contributed by atoms with Gasteiger partial charge >= 0.3 is 0 Å². The second-order valence-electron chi connectivity index (χ2n) is 6.81. The van der Waals surface area contributed by atoms with Gasteiger partial charge in [-0.3, -0.25) is 4.90 Å². The molecule has 0 spiro atoms. The third kappa shape index (κ3) is 4.30. The molecule has 1 heterocycles. The predicted molar refractivity (Wildman–Crippen MR) is 85.8 cm³/mol. The van der Waals surface area contributed by atoms with Gasteiger partial charge in [-0.1, -0.05) is 30.3 Å². The first kappa shape index (κ1) is 15.5. The number of rotatable bonds is 4. The van der Waals surface area contributed by atoms with E-state index in [0.717, 1.165) is 13.0 Å². The average Bonchev–Trinajstić information content (AvgIpc) is 2.45. The van der Waals surface area contributed by atoms with Crippen LogP contribution in [-0.2, 0) is 0 Å². The van der Waals surface area contributed by atoms with Gasteiger partial charge in [-0.15, -0.1) is 0 Å². The van der Waals surface area contributed by atoms with Crippen molar-refractivity contribution in [1.29, 1.82) is 0 Å². The highest BCUT2D eigenvalue weighted by Gasteiger charge is 2.25. The molecule has 1 unspecified atom stereocenters. The summed E-state index contributed by atoms with van der Waals surface area (Å²) in [4.78, 5) is 5.12. The topological polar surface area (TPSA) is 32.5 Å². The van der Waals surface area contributed by atoms with Gasteiger partial charge in [0.1, 0.15) is 0 Å². The predicted octanol–water partition coefficient (Wildman–Crippen LogP) is 2.49. The Hall–Kier alpha value is -0.900. The third-order valence-electron chi connectivity index (χ3n) is 4.31. The summed E-state index contributed by atoms with van der Waals surface area (Å²) in [6, 6.07) is 10.6. The van der Waals surface area contributed by atoms with E-state index in [9.17, 15) is 0 Å². The molecule has 0 aromatic heterocycles. The van der Waals surface area contributed by atoms with E-state index in [4.69, 9.17) is 5.73 Å². The minimum Gasteiger partial charge on any atom is -0.324 e. The molecule has 2 N–H and O–H groups in total. The summed E-state index contributed by atoms with van der Waals surface area (Å²) in [6.07, 6.45) is 1.04. The summed E-state index contributed by atoms with van der Waals surface area (Å²) >= 11 is 0. The molecule has 0 amide bonds. The third-order valence-corrected chi connectivity index (χ3v) is 4.31. The lowest BCUT2D eigenvalue weighted by atomic mass is 10.0. The molecule has 0 aliphatic carbocycles. The Morgan fingerprint density at radius 3 is 2.20 bits per heavy atom. The lowest BCUT2D eigenvalue weighted by molar-refractivity contribution is 0.0611. The second kappa shape index (κ2) is 6.70. The summed E-state index contributed by atoms with van der Waals surface area (Å²) in [7, 11) is 0. The number of hydrogen-bond donors (Lipinski definition) is 1. The first-order chi connectivity index (χ1) is 9.47. The molecule has 1 atom stereocenters. The highest BCUT2D eigenvalue weighted by atomic mass is 15.3. The standard InChI is InChI=1S/C17H29N3/c1-17(2,3)20-13-11-19(12-14-20)10-9-16(18)15-7-5-4-6-8-15/h4-8,16H,9-14,18H2,1-3H3. The zero-order valence-electron chi connectivity index (χ0n) is 13.2. The zero-order valence-corrected chi connectivity index (χ0v) is 13.2. The molecule has 1 aliphatic heterocycles. The smallest absolute Gasteiger partial charge is 0.0307 e. The van der Waals surface area contributed by atoms with E-state index in [1.165, 1.54) is 31.7 Å². The van der Waals surface area contributed by atoms with Crippen molar-refractivity contribution in [3.05, 3.63) is 35.9 Å².